The van der Waals surface area contributed by atoms with E-state index in [0.29, 0.717) is 11.6 Å². The average molecular weight is 294 g/mol. The van der Waals surface area contributed by atoms with Crippen LogP contribution in [0.5, 0.6) is 5.75 Å². The van der Waals surface area contributed by atoms with Crippen molar-refractivity contribution in [2.75, 3.05) is 19.7 Å². The van der Waals surface area contributed by atoms with Gasteiger partial charge < -0.3 is 10.5 Å². The normalized spacial score (nSPS) is 12.4. The van der Waals surface area contributed by atoms with E-state index >= 15 is 0 Å². The van der Waals surface area contributed by atoms with Gasteiger partial charge in [-0.1, -0.05) is 38.2 Å². The number of hydrogen-bond donors (Lipinski definition) is 1. The van der Waals surface area contributed by atoms with Crippen molar-refractivity contribution in [1.29, 1.82) is 0 Å². The Hall–Kier alpha value is -1.13. The molecule has 0 aromatic heterocycles. The Balaban J connectivity index is 3.04. The third-order valence-electron chi connectivity index (χ3n) is 3.14. The van der Waals surface area contributed by atoms with Gasteiger partial charge in [-0.25, -0.2) is 0 Å². The average Bonchev–Trinajstić information content (AvgIpc) is 2.40. The zero-order valence-corrected chi connectivity index (χ0v) is 13.6. The standard InChI is InChI=1S/C16H26N2OS/c1-4-10-18(11-5-2)15(16(17)20)13-8-7-9-14(12-13)19-6-3/h7-9,12,15H,4-6,10-11H2,1-3H3,(H2,17,20). The molecule has 1 aromatic rings. The number of ether oxygens (including phenoxy) is 1. The van der Waals surface area contributed by atoms with Gasteiger partial charge >= 0.3 is 0 Å². The van der Waals surface area contributed by atoms with Crippen LogP contribution in [0.1, 0.15) is 45.2 Å². The highest BCUT2D eigenvalue weighted by Gasteiger charge is 2.22. The predicted octanol–water partition coefficient (Wildman–Crippen LogP) is 3.53. The highest BCUT2D eigenvalue weighted by Crippen LogP contribution is 2.25. The van der Waals surface area contributed by atoms with Crippen LogP contribution in [0.25, 0.3) is 0 Å². The Morgan fingerprint density at radius 2 is 1.90 bits per heavy atom. The van der Waals surface area contributed by atoms with Crippen molar-refractivity contribution in [3.05, 3.63) is 29.8 Å². The van der Waals surface area contributed by atoms with Gasteiger partial charge in [-0.2, -0.15) is 0 Å². The monoisotopic (exact) mass is 294 g/mol. The van der Waals surface area contributed by atoms with Gasteiger partial charge in [-0.05, 0) is 50.6 Å². The molecule has 0 aliphatic heterocycles. The summed E-state index contributed by atoms with van der Waals surface area (Å²) >= 11 is 5.31. The second-order valence-corrected chi connectivity index (χ2v) is 5.32. The highest BCUT2D eigenvalue weighted by molar-refractivity contribution is 7.80. The molecule has 0 fully saturated rings. The number of nitrogens with two attached hydrogens (primary N) is 1. The molecule has 0 spiro atoms. The van der Waals surface area contributed by atoms with Gasteiger partial charge in [0.1, 0.15) is 5.75 Å². The molecule has 0 radical (unpaired) electrons. The molecule has 0 amide bonds. The van der Waals surface area contributed by atoms with Gasteiger partial charge in [-0.3, -0.25) is 4.90 Å². The molecule has 0 aliphatic rings. The van der Waals surface area contributed by atoms with E-state index in [1.54, 1.807) is 0 Å². The van der Waals surface area contributed by atoms with Crippen molar-refractivity contribution in [2.24, 2.45) is 5.73 Å². The van der Waals surface area contributed by atoms with Crippen molar-refractivity contribution >= 4 is 17.2 Å². The molecule has 20 heavy (non-hydrogen) atoms. The van der Waals surface area contributed by atoms with Gasteiger partial charge in [0.15, 0.2) is 0 Å². The lowest BCUT2D eigenvalue weighted by atomic mass is 10.0. The Bertz CT molecular complexity index is 417. The van der Waals surface area contributed by atoms with Crippen LogP contribution in [0.4, 0.5) is 0 Å². The van der Waals surface area contributed by atoms with E-state index < -0.39 is 0 Å². The maximum absolute atomic E-state index is 6.00. The molecule has 0 saturated heterocycles. The summed E-state index contributed by atoms with van der Waals surface area (Å²) in [5.74, 6) is 0.874. The third kappa shape index (κ3) is 4.76. The number of rotatable bonds is 9. The highest BCUT2D eigenvalue weighted by atomic mass is 32.1. The zero-order valence-electron chi connectivity index (χ0n) is 12.8. The fourth-order valence-corrected chi connectivity index (χ4v) is 2.73. The summed E-state index contributed by atoms with van der Waals surface area (Å²) in [6.45, 7) is 8.99. The molecule has 0 bridgehead atoms. The topological polar surface area (TPSA) is 38.5 Å². The first-order valence-electron chi connectivity index (χ1n) is 7.40. The summed E-state index contributed by atoms with van der Waals surface area (Å²) in [6, 6.07) is 8.08. The lowest BCUT2D eigenvalue weighted by molar-refractivity contribution is 0.244. The summed E-state index contributed by atoms with van der Waals surface area (Å²) in [6.07, 6.45) is 2.18. The Morgan fingerprint density at radius 1 is 1.25 bits per heavy atom. The fraction of sp³-hybridized carbons (Fsp3) is 0.562. The molecule has 0 saturated carbocycles. The van der Waals surface area contributed by atoms with E-state index in [2.05, 4.69) is 24.8 Å². The molecule has 2 N–H and O–H groups in total. The summed E-state index contributed by atoms with van der Waals surface area (Å²) in [5, 5.41) is 0. The van der Waals surface area contributed by atoms with Crippen LogP contribution >= 0.6 is 12.2 Å². The molecule has 4 heteroatoms. The first kappa shape index (κ1) is 16.9. The third-order valence-corrected chi connectivity index (χ3v) is 3.36. The molecule has 3 nitrogen and oxygen atoms in total. The van der Waals surface area contributed by atoms with Crippen LogP contribution in [0.2, 0.25) is 0 Å². The molecular weight excluding hydrogens is 268 g/mol. The molecule has 1 unspecified atom stereocenters. The molecule has 0 aliphatic carbocycles. The van der Waals surface area contributed by atoms with E-state index in [4.69, 9.17) is 22.7 Å². The van der Waals surface area contributed by atoms with Gasteiger partial charge in [-0.15, -0.1) is 0 Å². The van der Waals surface area contributed by atoms with E-state index in [-0.39, 0.29) is 6.04 Å². The molecule has 0 heterocycles. The SMILES string of the molecule is CCCN(CCC)C(C(N)=S)c1cccc(OCC)c1. The van der Waals surface area contributed by atoms with Crippen LogP contribution in [-0.2, 0) is 0 Å². The van der Waals surface area contributed by atoms with Crippen LogP contribution in [-0.4, -0.2) is 29.6 Å². The number of nitrogens with zero attached hydrogens (tertiary/aromatic N) is 1. The fourth-order valence-electron chi connectivity index (χ4n) is 2.44. The van der Waals surface area contributed by atoms with Crippen molar-refractivity contribution in [3.8, 4) is 5.75 Å². The molecule has 1 atom stereocenters. The lowest BCUT2D eigenvalue weighted by Crippen LogP contribution is -2.38. The van der Waals surface area contributed by atoms with Crippen LogP contribution in [0.15, 0.2) is 24.3 Å². The van der Waals surface area contributed by atoms with Gasteiger partial charge in [0.2, 0.25) is 0 Å². The predicted molar refractivity (Wildman–Crippen MR) is 89.3 cm³/mol. The van der Waals surface area contributed by atoms with Crippen LogP contribution in [0, 0.1) is 0 Å². The second-order valence-electron chi connectivity index (χ2n) is 4.85. The number of thiocarbonyl (C=S) groups is 1. The van der Waals surface area contributed by atoms with Gasteiger partial charge in [0.05, 0.1) is 17.6 Å². The minimum Gasteiger partial charge on any atom is -0.494 e. The minimum absolute atomic E-state index is 0.00898. The second kappa shape index (κ2) is 8.93. The summed E-state index contributed by atoms with van der Waals surface area (Å²) in [7, 11) is 0. The Labute approximate surface area is 128 Å². The van der Waals surface area contributed by atoms with Crippen LogP contribution < -0.4 is 10.5 Å². The van der Waals surface area contributed by atoms with E-state index in [0.717, 1.165) is 37.2 Å². The van der Waals surface area contributed by atoms with Crippen LogP contribution in [0.3, 0.4) is 0 Å². The van der Waals surface area contributed by atoms with Crippen molar-refractivity contribution in [3.63, 3.8) is 0 Å². The van der Waals surface area contributed by atoms with Crippen molar-refractivity contribution in [2.45, 2.75) is 39.7 Å². The first-order chi connectivity index (χ1) is 9.63. The summed E-state index contributed by atoms with van der Waals surface area (Å²) in [4.78, 5) is 2.88. The quantitative estimate of drug-likeness (QED) is 0.707. The lowest BCUT2D eigenvalue weighted by Gasteiger charge is -2.31. The number of hydrogen-bond acceptors (Lipinski definition) is 3. The number of benzene rings is 1. The zero-order chi connectivity index (χ0) is 15.0. The largest absolute Gasteiger partial charge is 0.494 e. The van der Waals surface area contributed by atoms with Gasteiger partial charge in [0.25, 0.3) is 0 Å². The summed E-state index contributed by atoms with van der Waals surface area (Å²) in [5.41, 5.74) is 7.12. The maximum Gasteiger partial charge on any atom is 0.119 e. The molecule has 1 aromatic carbocycles. The molecular formula is C16H26N2OS. The van der Waals surface area contributed by atoms with Crippen molar-refractivity contribution in [1.82, 2.24) is 4.90 Å². The Morgan fingerprint density at radius 3 is 2.40 bits per heavy atom. The van der Waals surface area contributed by atoms with Crippen molar-refractivity contribution < 1.29 is 4.74 Å². The van der Waals surface area contributed by atoms with Gasteiger partial charge in [0, 0.05) is 0 Å². The van der Waals surface area contributed by atoms with E-state index in [1.807, 2.05) is 25.1 Å². The summed E-state index contributed by atoms with van der Waals surface area (Å²) < 4.78 is 5.57. The first-order valence-corrected chi connectivity index (χ1v) is 7.80. The smallest absolute Gasteiger partial charge is 0.119 e. The maximum atomic E-state index is 6.00. The minimum atomic E-state index is -0.00898. The molecule has 1 rings (SSSR count). The Kier molecular flexibility index (Phi) is 7.55. The molecule has 112 valence electrons. The van der Waals surface area contributed by atoms with E-state index in [9.17, 15) is 0 Å². The van der Waals surface area contributed by atoms with E-state index in [1.165, 1.54) is 0 Å².